The number of hydrogen-bond acceptors (Lipinski definition) is 9. The van der Waals surface area contributed by atoms with Gasteiger partial charge in [0.2, 0.25) is 0 Å². The molecule has 0 aliphatic carbocycles. The van der Waals surface area contributed by atoms with Crippen molar-refractivity contribution in [3.63, 3.8) is 0 Å². The van der Waals surface area contributed by atoms with E-state index < -0.39 is 8.53 Å². The highest BCUT2D eigenvalue weighted by Crippen LogP contribution is 2.45. The summed E-state index contributed by atoms with van der Waals surface area (Å²) in [6.07, 6.45) is 0.320. The van der Waals surface area contributed by atoms with Crippen molar-refractivity contribution in [1.82, 2.24) is 9.99 Å². The number of hydrogen-bond donors (Lipinski definition) is 1. The smallest absolute Gasteiger partial charge is 0.259 e. The summed E-state index contributed by atoms with van der Waals surface area (Å²) >= 11 is 0. The van der Waals surface area contributed by atoms with Crippen LogP contribution in [0.2, 0.25) is 0 Å². The normalized spacial score (nSPS) is 12.3. The SMILES string of the molecule is CC(C)N(C(C)C)P(OCCC#N)OCCOCCNC(=O)c1ccc(N=Nc2ccc(N(C)C)cc2)cc1. The number of nitrogens with one attached hydrogen (secondary N) is 1. The van der Waals surface area contributed by atoms with Crippen LogP contribution in [0, 0.1) is 11.3 Å². The van der Waals surface area contributed by atoms with Crippen LogP contribution in [0.15, 0.2) is 58.8 Å². The van der Waals surface area contributed by atoms with Crippen molar-refractivity contribution in [3.05, 3.63) is 54.1 Å². The van der Waals surface area contributed by atoms with E-state index in [0.29, 0.717) is 50.6 Å². The Hall–Kier alpha value is -2.93. The summed E-state index contributed by atoms with van der Waals surface area (Å²) in [7, 11) is 2.68. The van der Waals surface area contributed by atoms with Crippen molar-refractivity contribution < 1.29 is 18.6 Å². The Bertz CT molecular complexity index is 1050. The molecular weight excluding hydrogens is 515 g/mol. The van der Waals surface area contributed by atoms with Crippen molar-refractivity contribution in [3.8, 4) is 6.07 Å². The fourth-order valence-corrected chi connectivity index (χ4v) is 5.11. The van der Waals surface area contributed by atoms with E-state index >= 15 is 0 Å². The zero-order chi connectivity index (χ0) is 28.6. The maximum Gasteiger partial charge on any atom is 0.259 e. The van der Waals surface area contributed by atoms with Crippen LogP contribution in [0.4, 0.5) is 17.1 Å². The number of benzene rings is 2. The molecule has 2 rings (SSSR count). The lowest BCUT2D eigenvalue weighted by Gasteiger charge is -2.35. The predicted octanol–water partition coefficient (Wildman–Crippen LogP) is 6.21. The lowest BCUT2D eigenvalue weighted by Crippen LogP contribution is -2.34. The Morgan fingerprint density at radius 1 is 0.897 bits per heavy atom. The zero-order valence-electron chi connectivity index (χ0n) is 23.8. The molecule has 0 aromatic heterocycles. The molecule has 2 aromatic carbocycles. The van der Waals surface area contributed by atoms with Gasteiger partial charge in [-0.3, -0.25) is 4.79 Å². The maximum atomic E-state index is 12.4. The van der Waals surface area contributed by atoms with Crippen LogP contribution in [0.25, 0.3) is 0 Å². The minimum atomic E-state index is -1.29. The van der Waals surface area contributed by atoms with Crippen LogP contribution in [-0.4, -0.2) is 69.7 Å². The minimum absolute atomic E-state index is 0.184. The number of azo groups is 1. The van der Waals surface area contributed by atoms with Gasteiger partial charge in [-0.05, 0) is 76.2 Å². The molecule has 0 aliphatic heterocycles. The van der Waals surface area contributed by atoms with Crippen molar-refractivity contribution >= 4 is 31.5 Å². The molecule has 1 unspecified atom stereocenters. The Balaban J connectivity index is 1.71. The molecule has 39 heavy (non-hydrogen) atoms. The van der Waals surface area contributed by atoms with Gasteiger partial charge in [-0.1, -0.05) is 0 Å². The fraction of sp³-hybridized carbons (Fsp3) is 0.500. The first-order valence-electron chi connectivity index (χ1n) is 13.1. The second-order valence-electron chi connectivity index (χ2n) is 9.41. The summed E-state index contributed by atoms with van der Waals surface area (Å²) in [5.74, 6) is -0.184. The Kier molecular flexibility index (Phi) is 14.6. The molecule has 1 atom stereocenters. The van der Waals surface area contributed by atoms with Crippen LogP contribution >= 0.6 is 8.53 Å². The van der Waals surface area contributed by atoms with Gasteiger partial charge in [0.05, 0.1) is 50.3 Å². The molecule has 1 amide bonds. The van der Waals surface area contributed by atoms with Crippen molar-refractivity contribution in [2.45, 2.75) is 46.2 Å². The minimum Gasteiger partial charge on any atom is -0.378 e. The molecular formula is C28H41N6O4P. The number of rotatable bonds is 17. The van der Waals surface area contributed by atoms with E-state index in [0.717, 1.165) is 11.4 Å². The van der Waals surface area contributed by atoms with E-state index in [2.05, 4.69) is 54.0 Å². The standard InChI is InChI=1S/C28H41N6O4P/c1-22(2)34(23(3)4)39(37-18-7-16-29)38-21-20-36-19-17-30-28(35)24-8-10-25(11-9-24)31-32-26-12-14-27(15-13-26)33(5)6/h8-15,22-23H,7,17-21H2,1-6H3,(H,30,35). The van der Waals surface area contributed by atoms with Crippen LogP contribution in [0.3, 0.4) is 0 Å². The summed E-state index contributed by atoms with van der Waals surface area (Å²) < 4.78 is 19.6. The molecule has 0 radical (unpaired) electrons. The first-order valence-corrected chi connectivity index (χ1v) is 14.2. The lowest BCUT2D eigenvalue weighted by molar-refractivity contribution is 0.0821. The second-order valence-corrected chi connectivity index (χ2v) is 10.9. The lowest BCUT2D eigenvalue weighted by atomic mass is 10.2. The highest BCUT2D eigenvalue weighted by atomic mass is 31.2. The third-order valence-corrected chi connectivity index (χ3v) is 7.51. The molecule has 11 heteroatoms. The third-order valence-electron chi connectivity index (χ3n) is 5.40. The Morgan fingerprint density at radius 3 is 2.00 bits per heavy atom. The van der Waals surface area contributed by atoms with Gasteiger partial charge in [0.15, 0.2) is 0 Å². The number of anilines is 1. The van der Waals surface area contributed by atoms with E-state index in [1.54, 1.807) is 24.3 Å². The average Bonchev–Trinajstić information content (AvgIpc) is 2.91. The molecule has 0 saturated carbocycles. The van der Waals surface area contributed by atoms with Crippen molar-refractivity contribution in [2.75, 3.05) is 52.0 Å². The largest absolute Gasteiger partial charge is 0.378 e. The first-order chi connectivity index (χ1) is 18.7. The summed E-state index contributed by atoms with van der Waals surface area (Å²) in [5.41, 5.74) is 3.05. The van der Waals surface area contributed by atoms with Gasteiger partial charge in [0.25, 0.3) is 14.4 Å². The number of amides is 1. The summed E-state index contributed by atoms with van der Waals surface area (Å²) in [6.45, 7) is 10.2. The predicted molar refractivity (Wildman–Crippen MR) is 156 cm³/mol. The molecule has 1 N–H and O–H groups in total. The summed E-state index contributed by atoms with van der Waals surface area (Å²) in [4.78, 5) is 14.5. The average molecular weight is 557 g/mol. The van der Waals surface area contributed by atoms with Crippen LogP contribution < -0.4 is 10.2 Å². The van der Waals surface area contributed by atoms with E-state index in [9.17, 15) is 4.79 Å². The van der Waals surface area contributed by atoms with E-state index in [4.69, 9.17) is 19.0 Å². The van der Waals surface area contributed by atoms with E-state index in [1.807, 2.05) is 43.3 Å². The highest BCUT2D eigenvalue weighted by molar-refractivity contribution is 7.44. The molecule has 0 bridgehead atoms. The van der Waals surface area contributed by atoms with Gasteiger partial charge in [0.1, 0.15) is 0 Å². The number of ether oxygens (including phenoxy) is 1. The summed E-state index contributed by atoms with van der Waals surface area (Å²) in [6, 6.07) is 17.3. The molecule has 0 aliphatic rings. The molecule has 0 heterocycles. The quantitative estimate of drug-likeness (QED) is 0.140. The zero-order valence-corrected chi connectivity index (χ0v) is 24.7. The van der Waals surface area contributed by atoms with Gasteiger partial charge < -0.3 is 24.0 Å². The first kappa shape index (κ1) is 32.3. The van der Waals surface area contributed by atoms with Crippen LogP contribution in [-0.2, 0) is 13.8 Å². The number of carbonyl (C=O) groups excluding carboxylic acids is 1. The molecule has 10 nitrogen and oxygen atoms in total. The third kappa shape index (κ3) is 11.8. The second kappa shape index (κ2) is 17.6. The molecule has 212 valence electrons. The fourth-order valence-electron chi connectivity index (χ4n) is 3.54. The van der Waals surface area contributed by atoms with Gasteiger partial charge in [-0.25, -0.2) is 4.67 Å². The van der Waals surface area contributed by atoms with Gasteiger partial charge in [-0.15, -0.1) is 0 Å². The van der Waals surface area contributed by atoms with Crippen LogP contribution in [0.5, 0.6) is 0 Å². The Labute approximate surface area is 233 Å². The Morgan fingerprint density at radius 2 is 1.46 bits per heavy atom. The number of nitrogens with zero attached hydrogens (tertiary/aromatic N) is 5. The van der Waals surface area contributed by atoms with E-state index in [1.165, 1.54) is 0 Å². The van der Waals surface area contributed by atoms with E-state index in [-0.39, 0.29) is 18.0 Å². The molecule has 0 fully saturated rings. The van der Waals surface area contributed by atoms with Crippen molar-refractivity contribution in [1.29, 1.82) is 5.26 Å². The number of carbonyl (C=O) groups is 1. The summed E-state index contributed by atoms with van der Waals surface area (Å²) in [5, 5.41) is 20.1. The monoisotopic (exact) mass is 556 g/mol. The number of nitriles is 1. The maximum absolute atomic E-state index is 12.4. The van der Waals surface area contributed by atoms with Gasteiger partial charge >= 0.3 is 0 Å². The van der Waals surface area contributed by atoms with Crippen LogP contribution in [0.1, 0.15) is 44.5 Å². The van der Waals surface area contributed by atoms with Gasteiger partial charge in [-0.2, -0.15) is 15.5 Å². The molecule has 2 aromatic rings. The molecule has 0 spiro atoms. The van der Waals surface area contributed by atoms with Gasteiger partial charge in [0, 0.05) is 44.0 Å². The topological polar surface area (TPSA) is 112 Å². The molecule has 0 saturated heterocycles. The highest BCUT2D eigenvalue weighted by Gasteiger charge is 2.26. The van der Waals surface area contributed by atoms with Crippen molar-refractivity contribution in [2.24, 2.45) is 10.2 Å².